The molecule has 0 saturated heterocycles. The second kappa shape index (κ2) is 5.81. The SMILES string of the molecule is N#CC(=CNc1cc(Cl)ccc1C(=O)O)c1nn[nH]n1. The quantitative estimate of drug-likeness (QED) is 0.728. The van der Waals surface area contributed by atoms with Gasteiger partial charge in [0.15, 0.2) is 0 Å². The minimum atomic E-state index is -1.12. The summed E-state index contributed by atoms with van der Waals surface area (Å²) in [5.74, 6) is -1.02. The summed E-state index contributed by atoms with van der Waals surface area (Å²) in [5.41, 5.74) is 0.368. The Morgan fingerprint density at radius 3 is 2.95 bits per heavy atom. The molecular formula is C11H7ClN6O2. The monoisotopic (exact) mass is 290 g/mol. The van der Waals surface area contributed by atoms with E-state index in [-0.39, 0.29) is 22.6 Å². The van der Waals surface area contributed by atoms with E-state index in [1.54, 1.807) is 0 Å². The van der Waals surface area contributed by atoms with Crippen LogP contribution in [0, 0.1) is 11.3 Å². The van der Waals surface area contributed by atoms with E-state index in [1.807, 2.05) is 6.07 Å². The molecule has 0 radical (unpaired) electrons. The molecule has 20 heavy (non-hydrogen) atoms. The number of rotatable bonds is 4. The first kappa shape index (κ1) is 13.5. The van der Waals surface area contributed by atoms with Crippen LogP contribution >= 0.6 is 11.6 Å². The van der Waals surface area contributed by atoms with Gasteiger partial charge in [-0.25, -0.2) is 4.79 Å². The van der Waals surface area contributed by atoms with Gasteiger partial charge < -0.3 is 10.4 Å². The van der Waals surface area contributed by atoms with E-state index >= 15 is 0 Å². The molecule has 2 aromatic rings. The lowest BCUT2D eigenvalue weighted by Gasteiger charge is -2.06. The van der Waals surface area contributed by atoms with Crippen LogP contribution in [0.1, 0.15) is 16.2 Å². The topological polar surface area (TPSA) is 128 Å². The molecule has 100 valence electrons. The standard InChI is InChI=1S/C11H7ClN6O2/c12-7-1-2-8(11(19)20)9(3-7)14-5-6(4-13)10-15-17-18-16-10/h1-3,5,14H,(H,19,20)(H,15,16,17,18). The van der Waals surface area contributed by atoms with Crippen LogP contribution in [0.4, 0.5) is 5.69 Å². The molecule has 0 amide bonds. The number of halogens is 1. The number of aromatic carboxylic acids is 1. The zero-order chi connectivity index (χ0) is 14.5. The zero-order valence-corrected chi connectivity index (χ0v) is 10.6. The van der Waals surface area contributed by atoms with Gasteiger partial charge >= 0.3 is 5.97 Å². The maximum absolute atomic E-state index is 11.1. The second-order valence-electron chi connectivity index (χ2n) is 3.54. The normalized spacial score (nSPS) is 10.9. The third kappa shape index (κ3) is 2.90. The van der Waals surface area contributed by atoms with Gasteiger partial charge in [0.1, 0.15) is 11.6 Å². The Bertz CT molecular complexity index is 704. The molecule has 2 rings (SSSR count). The number of hydrogen-bond acceptors (Lipinski definition) is 6. The zero-order valence-electron chi connectivity index (χ0n) is 9.83. The van der Waals surface area contributed by atoms with Crippen molar-refractivity contribution in [3.05, 3.63) is 40.8 Å². The summed E-state index contributed by atoms with van der Waals surface area (Å²) in [6.45, 7) is 0. The van der Waals surface area contributed by atoms with Crippen molar-refractivity contribution in [2.45, 2.75) is 0 Å². The highest BCUT2D eigenvalue weighted by molar-refractivity contribution is 6.31. The third-order valence-corrected chi connectivity index (χ3v) is 2.53. The number of nitrogens with zero attached hydrogens (tertiary/aromatic N) is 4. The van der Waals surface area contributed by atoms with Gasteiger partial charge in [0.25, 0.3) is 0 Å². The summed E-state index contributed by atoms with van der Waals surface area (Å²) in [5, 5.41) is 34.0. The van der Waals surface area contributed by atoms with Crippen molar-refractivity contribution >= 4 is 28.8 Å². The molecule has 0 fully saturated rings. The average molecular weight is 291 g/mol. The van der Waals surface area contributed by atoms with Crippen molar-refractivity contribution in [3.8, 4) is 6.07 Å². The molecule has 0 atom stereocenters. The van der Waals surface area contributed by atoms with Gasteiger partial charge in [0.05, 0.1) is 11.3 Å². The fourth-order valence-electron chi connectivity index (χ4n) is 1.40. The number of tetrazole rings is 1. The van der Waals surface area contributed by atoms with Gasteiger partial charge in [0.2, 0.25) is 5.82 Å². The molecule has 0 spiro atoms. The largest absolute Gasteiger partial charge is 0.478 e. The van der Waals surface area contributed by atoms with Crippen LogP contribution in [0.25, 0.3) is 5.57 Å². The maximum atomic E-state index is 11.1. The fraction of sp³-hybridized carbons (Fsp3) is 0. The van der Waals surface area contributed by atoms with Gasteiger partial charge in [-0.2, -0.15) is 10.5 Å². The summed E-state index contributed by atoms with van der Waals surface area (Å²) >= 11 is 5.81. The van der Waals surface area contributed by atoms with Crippen LogP contribution in [0.3, 0.4) is 0 Å². The Morgan fingerprint density at radius 2 is 2.35 bits per heavy atom. The van der Waals surface area contributed by atoms with Crippen molar-refractivity contribution in [1.29, 1.82) is 5.26 Å². The highest BCUT2D eigenvalue weighted by Gasteiger charge is 2.11. The predicted octanol–water partition coefficient (Wildman–Crippen LogP) is 1.53. The van der Waals surface area contributed by atoms with E-state index in [9.17, 15) is 4.79 Å². The number of aromatic amines is 1. The lowest BCUT2D eigenvalue weighted by molar-refractivity contribution is 0.0698. The van der Waals surface area contributed by atoms with Gasteiger partial charge in [-0.3, -0.25) is 0 Å². The molecule has 0 aliphatic heterocycles. The number of benzene rings is 1. The van der Waals surface area contributed by atoms with Gasteiger partial charge in [-0.05, 0) is 23.4 Å². The number of carboxylic acids is 1. The first-order chi connectivity index (χ1) is 9.61. The molecule has 0 aliphatic rings. The van der Waals surface area contributed by atoms with Crippen molar-refractivity contribution in [2.24, 2.45) is 0 Å². The lowest BCUT2D eigenvalue weighted by atomic mass is 10.2. The van der Waals surface area contributed by atoms with Gasteiger partial charge in [0, 0.05) is 11.2 Å². The molecule has 9 heteroatoms. The van der Waals surface area contributed by atoms with Crippen LogP contribution < -0.4 is 5.32 Å². The number of anilines is 1. The molecule has 3 N–H and O–H groups in total. The first-order valence-electron chi connectivity index (χ1n) is 5.25. The van der Waals surface area contributed by atoms with Crippen LogP contribution in [-0.4, -0.2) is 31.7 Å². The van der Waals surface area contributed by atoms with E-state index < -0.39 is 5.97 Å². The Kier molecular flexibility index (Phi) is 3.93. The Morgan fingerprint density at radius 1 is 1.55 bits per heavy atom. The summed E-state index contributed by atoms with van der Waals surface area (Å²) in [6.07, 6.45) is 1.28. The highest BCUT2D eigenvalue weighted by Crippen LogP contribution is 2.22. The van der Waals surface area contributed by atoms with Crippen molar-refractivity contribution in [1.82, 2.24) is 20.6 Å². The van der Waals surface area contributed by atoms with Crippen LogP contribution in [0.5, 0.6) is 0 Å². The minimum Gasteiger partial charge on any atom is -0.478 e. The maximum Gasteiger partial charge on any atom is 0.337 e. The summed E-state index contributed by atoms with van der Waals surface area (Å²) in [4.78, 5) is 11.1. The predicted molar refractivity (Wildman–Crippen MR) is 69.8 cm³/mol. The molecule has 1 aromatic carbocycles. The number of aromatic nitrogens is 4. The van der Waals surface area contributed by atoms with E-state index in [0.717, 1.165) is 0 Å². The molecule has 8 nitrogen and oxygen atoms in total. The highest BCUT2D eigenvalue weighted by atomic mass is 35.5. The molecule has 1 heterocycles. The molecule has 0 bridgehead atoms. The van der Waals surface area contributed by atoms with Crippen molar-refractivity contribution in [3.63, 3.8) is 0 Å². The number of nitrogens with one attached hydrogen (secondary N) is 2. The summed E-state index contributed by atoms with van der Waals surface area (Å²) < 4.78 is 0. The average Bonchev–Trinajstić information content (AvgIpc) is 2.93. The third-order valence-electron chi connectivity index (χ3n) is 2.29. The van der Waals surface area contributed by atoms with Crippen molar-refractivity contribution < 1.29 is 9.90 Å². The second-order valence-corrected chi connectivity index (χ2v) is 3.98. The van der Waals surface area contributed by atoms with E-state index in [0.29, 0.717) is 5.02 Å². The summed E-state index contributed by atoms with van der Waals surface area (Å²) in [6, 6.07) is 6.13. The molecular weight excluding hydrogens is 284 g/mol. The number of carboxylic acid groups (broad SMARTS) is 1. The Labute approximate surface area is 117 Å². The van der Waals surface area contributed by atoms with E-state index in [4.69, 9.17) is 22.0 Å². The first-order valence-corrected chi connectivity index (χ1v) is 5.63. The lowest BCUT2D eigenvalue weighted by Crippen LogP contribution is -2.02. The Balaban J connectivity index is 2.33. The number of H-pyrrole nitrogens is 1. The van der Waals surface area contributed by atoms with Crippen molar-refractivity contribution in [2.75, 3.05) is 5.32 Å². The smallest absolute Gasteiger partial charge is 0.337 e. The van der Waals surface area contributed by atoms with E-state index in [1.165, 1.54) is 24.4 Å². The van der Waals surface area contributed by atoms with E-state index in [2.05, 4.69) is 25.9 Å². The minimum absolute atomic E-state index is 0.0241. The number of allylic oxidation sites excluding steroid dienone is 1. The Hall–Kier alpha value is -2.92. The molecule has 0 unspecified atom stereocenters. The molecule has 0 aliphatic carbocycles. The number of hydrogen-bond donors (Lipinski definition) is 3. The van der Waals surface area contributed by atoms with Gasteiger partial charge in [-0.15, -0.1) is 10.2 Å². The summed E-state index contributed by atoms with van der Waals surface area (Å²) in [7, 11) is 0. The molecule has 1 aromatic heterocycles. The van der Waals surface area contributed by atoms with Crippen LogP contribution in [-0.2, 0) is 0 Å². The number of nitriles is 1. The number of carbonyl (C=O) groups is 1. The van der Waals surface area contributed by atoms with Crippen LogP contribution in [0.15, 0.2) is 24.4 Å². The molecule has 0 saturated carbocycles. The van der Waals surface area contributed by atoms with Crippen LogP contribution in [0.2, 0.25) is 5.02 Å². The van der Waals surface area contributed by atoms with Gasteiger partial charge in [-0.1, -0.05) is 11.6 Å². The fourth-order valence-corrected chi connectivity index (χ4v) is 1.57.